The molecule has 0 aliphatic heterocycles. The lowest BCUT2D eigenvalue weighted by molar-refractivity contribution is 0.415. The van der Waals surface area contributed by atoms with Gasteiger partial charge in [0.25, 0.3) is 0 Å². The number of nitrogen functional groups attached to an aromatic ring is 1. The molecule has 2 N–H and O–H groups in total. The first-order chi connectivity index (χ1) is 9.79. The predicted octanol–water partition coefficient (Wildman–Crippen LogP) is 2.15. The highest BCUT2D eigenvalue weighted by Gasteiger charge is 2.30. The molecule has 1 aliphatic rings. The highest BCUT2D eigenvalue weighted by atomic mass is 16.5. The van der Waals surface area contributed by atoms with Crippen LogP contribution in [0, 0.1) is 0 Å². The molecule has 0 radical (unpaired) electrons. The minimum Gasteiger partial charge on any atom is -0.496 e. The van der Waals surface area contributed by atoms with Crippen molar-refractivity contribution in [2.45, 2.75) is 18.9 Å². The van der Waals surface area contributed by atoms with E-state index < -0.39 is 0 Å². The van der Waals surface area contributed by atoms with E-state index in [2.05, 4.69) is 10.3 Å². The number of benzene rings is 1. The fourth-order valence-corrected chi connectivity index (χ4v) is 3.11. The van der Waals surface area contributed by atoms with Crippen molar-refractivity contribution in [1.29, 1.82) is 0 Å². The lowest BCUT2D eigenvalue weighted by atomic mass is 10.0. The second-order valence-corrected chi connectivity index (χ2v) is 4.96. The van der Waals surface area contributed by atoms with Gasteiger partial charge in [-0.15, -0.1) is 0 Å². The number of hydrogen-bond acceptors (Lipinski definition) is 5. The van der Waals surface area contributed by atoms with Gasteiger partial charge in [-0.25, -0.2) is 0 Å². The van der Waals surface area contributed by atoms with E-state index in [9.17, 15) is 0 Å². The largest absolute Gasteiger partial charge is 0.496 e. The summed E-state index contributed by atoms with van der Waals surface area (Å²) >= 11 is 0. The summed E-state index contributed by atoms with van der Waals surface area (Å²) in [5.41, 5.74) is 8.89. The van der Waals surface area contributed by atoms with Gasteiger partial charge in [-0.3, -0.25) is 4.68 Å². The van der Waals surface area contributed by atoms with Crippen LogP contribution >= 0.6 is 0 Å². The maximum absolute atomic E-state index is 5.87. The minimum atomic E-state index is 0.213. The van der Waals surface area contributed by atoms with Crippen molar-refractivity contribution in [3.05, 3.63) is 35.7 Å². The number of methoxy groups -OCH3 is 1. The third-order valence-electron chi connectivity index (χ3n) is 3.96. The van der Waals surface area contributed by atoms with E-state index in [0.717, 1.165) is 24.0 Å². The second kappa shape index (κ2) is 4.00. The fraction of sp³-hybridized carbons (Fsp3) is 0.286. The molecular formula is C14H14N4O2. The van der Waals surface area contributed by atoms with Gasteiger partial charge in [0.05, 0.1) is 13.2 Å². The first kappa shape index (κ1) is 11.3. The van der Waals surface area contributed by atoms with Crippen LogP contribution in [0.5, 0.6) is 5.75 Å². The molecule has 0 saturated carbocycles. The smallest absolute Gasteiger partial charge is 0.178 e. The first-order valence-corrected chi connectivity index (χ1v) is 6.53. The maximum Gasteiger partial charge on any atom is 0.178 e. The predicted molar refractivity (Wildman–Crippen MR) is 73.7 cm³/mol. The van der Waals surface area contributed by atoms with Crippen LogP contribution in [0.1, 0.15) is 23.6 Å². The van der Waals surface area contributed by atoms with Crippen LogP contribution in [0.25, 0.3) is 11.0 Å². The molecule has 1 aromatic carbocycles. The molecule has 6 nitrogen and oxygen atoms in total. The molecule has 102 valence electrons. The highest BCUT2D eigenvalue weighted by Crippen LogP contribution is 2.44. The summed E-state index contributed by atoms with van der Waals surface area (Å²) in [4.78, 5) is 0. The second-order valence-electron chi connectivity index (χ2n) is 4.96. The molecule has 1 aliphatic carbocycles. The van der Waals surface area contributed by atoms with Crippen molar-refractivity contribution in [2.75, 3.05) is 12.8 Å². The molecule has 2 heterocycles. The third-order valence-corrected chi connectivity index (χ3v) is 3.96. The van der Waals surface area contributed by atoms with Gasteiger partial charge >= 0.3 is 0 Å². The summed E-state index contributed by atoms with van der Waals surface area (Å²) in [6, 6.07) is 4.15. The third kappa shape index (κ3) is 1.39. The lowest BCUT2D eigenvalue weighted by Gasteiger charge is -2.13. The summed E-state index contributed by atoms with van der Waals surface area (Å²) in [6.07, 6.45) is 5.70. The van der Waals surface area contributed by atoms with Crippen molar-refractivity contribution in [2.24, 2.45) is 0 Å². The normalized spacial score (nSPS) is 17.6. The fourth-order valence-electron chi connectivity index (χ4n) is 3.11. The van der Waals surface area contributed by atoms with E-state index in [1.165, 1.54) is 11.1 Å². The maximum atomic E-state index is 5.87. The number of rotatable bonds is 2. The zero-order valence-electron chi connectivity index (χ0n) is 11.0. The number of fused-ring (bicyclic) bond motifs is 2. The minimum absolute atomic E-state index is 0.213. The van der Waals surface area contributed by atoms with Crippen LogP contribution < -0.4 is 10.5 Å². The topological polar surface area (TPSA) is 79.1 Å². The van der Waals surface area contributed by atoms with E-state index in [1.54, 1.807) is 13.3 Å². The van der Waals surface area contributed by atoms with Crippen molar-refractivity contribution in [3.63, 3.8) is 0 Å². The van der Waals surface area contributed by atoms with Gasteiger partial charge < -0.3 is 15.0 Å². The van der Waals surface area contributed by atoms with Crippen molar-refractivity contribution in [1.82, 2.24) is 14.9 Å². The average molecular weight is 270 g/mol. The van der Waals surface area contributed by atoms with Gasteiger partial charge in [0, 0.05) is 18.0 Å². The molecule has 2 aromatic heterocycles. The molecule has 1 atom stereocenters. The first-order valence-electron chi connectivity index (χ1n) is 6.53. The Kier molecular flexibility index (Phi) is 2.26. The molecule has 6 heteroatoms. The van der Waals surface area contributed by atoms with Crippen LogP contribution in [0.2, 0.25) is 0 Å². The molecule has 0 fully saturated rings. The Morgan fingerprint density at radius 3 is 3.15 bits per heavy atom. The summed E-state index contributed by atoms with van der Waals surface area (Å²) in [5.74, 6) is 1.16. The van der Waals surface area contributed by atoms with E-state index in [1.807, 2.05) is 23.0 Å². The molecule has 0 bridgehead atoms. The van der Waals surface area contributed by atoms with Crippen LogP contribution in [-0.2, 0) is 6.42 Å². The number of aromatic nitrogens is 3. The van der Waals surface area contributed by atoms with Crippen LogP contribution in [0.4, 0.5) is 5.82 Å². The number of ether oxygens (including phenoxy) is 1. The quantitative estimate of drug-likeness (QED) is 0.771. The molecule has 0 spiro atoms. The van der Waals surface area contributed by atoms with E-state index in [-0.39, 0.29) is 6.04 Å². The molecule has 0 saturated heterocycles. The van der Waals surface area contributed by atoms with Crippen molar-refractivity contribution < 1.29 is 9.26 Å². The van der Waals surface area contributed by atoms with E-state index in [4.69, 9.17) is 15.0 Å². The number of hydrogen-bond donors (Lipinski definition) is 1. The molecule has 20 heavy (non-hydrogen) atoms. The Bertz CT molecular complexity index is 776. The Balaban J connectivity index is 1.98. The number of anilines is 1. The molecular weight excluding hydrogens is 256 g/mol. The number of nitrogens with zero attached hydrogens (tertiary/aromatic N) is 3. The zero-order chi connectivity index (χ0) is 13.7. The SMILES string of the molecule is COc1c2c(cc3onc(N)c13)C(n1cccn1)CC2. The van der Waals surface area contributed by atoms with Crippen molar-refractivity contribution >= 4 is 16.8 Å². The van der Waals surface area contributed by atoms with E-state index in [0.29, 0.717) is 11.4 Å². The van der Waals surface area contributed by atoms with Crippen LogP contribution in [0.15, 0.2) is 29.0 Å². The van der Waals surface area contributed by atoms with E-state index >= 15 is 0 Å². The van der Waals surface area contributed by atoms with Gasteiger partial charge in [-0.1, -0.05) is 5.16 Å². The Labute approximate surface area is 115 Å². The summed E-state index contributed by atoms with van der Waals surface area (Å²) in [6.45, 7) is 0. The molecule has 1 unspecified atom stereocenters. The summed E-state index contributed by atoms with van der Waals surface area (Å²) < 4.78 is 12.8. The van der Waals surface area contributed by atoms with Gasteiger partial charge in [-0.05, 0) is 30.5 Å². The zero-order valence-corrected chi connectivity index (χ0v) is 11.0. The molecule has 0 amide bonds. The Morgan fingerprint density at radius 2 is 2.40 bits per heavy atom. The molecule has 3 aromatic rings. The Morgan fingerprint density at radius 1 is 1.50 bits per heavy atom. The number of nitrogens with two attached hydrogens (primary N) is 1. The summed E-state index contributed by atoms with van der Waals surface area (Å²) in [7, 11) is 1.66. The monoisotopic (exact) mass is 270 g/mol. The van der Waals surface area contributed by atoms with Crippen LogP contribution in [0.3, 0.4) is 0 Å². The average Bonchev–Trinajstić information content (AvgIpc) is 3.16. The molecule has 4 rings (SSSR count). The highest BCUT2D eigenvalue weighted by molar-refractivity contribution is 5.95. The van der Waals surface area contributed by atoms with Gasteiger partial charge in [0.1, 0.15) is 11.1 Å². The van der Waals surface area contributed by atoms with Gasteiger partial charge in [-0.2, -0.15) is 5.10 Å². The Hall–Kier alpha value is -2.50. The van der Waals surface area contributed by atoms with Gasteiger partial charge in [0.15, 0.2) is 11.4 Å². The summed E-state index contributed by atoms with van der Waals surface area (Å²) in [5, 5.41) is 8.95. The standard InChI is InChI=1S/C14H14N4O2/c1-19-13-8-3-4-10(18-6-2-5-16-18)9(8)7-11-12(13)14(15)17-20-11/h2,5-7,10H,3-4H2,1H3,(H2,15,17). The lowest BCUT2D eigenvalue weighted by Crippen LogP contribution is -2.07. The van der Waals surface area contributed by atoms with Crippen molar-refractivity contribution in [3.8, 4) is 5.75 Å². The van der Waals surface area contributed by atoms with Crippen LogP contribution in [-0.4, -0.2) is 22.0 Å². The van der Waals surface area contributed by atoms with Gasteiger partial charge in [0.2, 0.25) is 0 Å².